The summed E-state index contributed by atoms with van der Waals surface area (Å²) < 4.78 is 6.08. The van der Waals surface area contributed by atoms with E-state index >= 15 is 0 Å². The van der Waals surface area contributed by atoms with Gasteiger partial charge in [-0.05, 0) is 48.9 Å². The standard InChI is InChI=1S/C17H16N2O/c18-11-10-13-5-1-2-8-16(13)20-17-9-3-7-15-14(17)6-4-12-19-15/h1-9,12H,10-11,18H2. The van der Waals surface area contributed by atoms with Crippen molar-refractivity contribution in [1.29, 1.82) is 0 Å². The van der Waals surface area contributed by atoms with E-state index < -0.39 is 0 Å². The van der Waals surface area contributed by atoms with Crippen LogP contribution in [0.15, 0.2) is 60.8 Å². The molecule has 0 amide bonds. The molecule has 3 aromatic rings. The number of benzene rings is 2. The molecule has 0 unspecified atom stereocenters. The Hall–Kier alpha value is -2.39. The second kappa shape index (κ2) is 5.72. The summed E-state index contributed by atoms with van der Waals surface area (Å²) in [5, 5.41) is 1.01. The van der Waals surface area contributed by atoms with E-state index in [0.29, 0.717) is 6.54 Å². The predicted octanol–water partition coefficient (Wildman–Crippen LogP) is 3.53. The number of nitrogens with two attached hydrogens (primary N) is 1. The SMILES string of the molecule is NCCc1ccccc1Oc1cccc2ncccc12. The van der Waals surface area contributed by atoms with Crippen molar-refractivity contribution in [3.63, 3.8) is 0 Å². The van der Waals surface area contributed by atoms with E-state index in [9.17, 15) is 0 Å². The maximum absolute atomic E-state index is 6.08. The Bertz CT molecular complexity index is 720. The van der Waals surface area contributed by atoms with Gasteiger partial charge in [0.1, 0.15) is 11.5 Å². The lowest BCUT2D eigenvalue weighted by Crippen LogP contribution is -2.03. The lowest BCUT2D eigenvalue weighted by atomic mass is 10.1. The number of nitrogens with zero attached hydrogens (tertiary/aromatic N) is 1. The lowest BCUT2D eigenvalue weighted by Gasteiger charge is -2.12. The molecule has 0 spiro atoms. The number of hydrogen-bond acceptors (Lipinski definition) is 3. The number of rotatable bonds is 4. The molecule has 3 nitrogen and oxygen atoms in total. The van der Waals surface area contributed by atoms with E-state index in [2.05, 4.69) is 4.98 Å². The Morgan fingerprint density at radius 1 is 0.900 bits per heavy atom. The van der Waals surface area contributed by atoms with Gasteiger partial charge in [-0.15, -0.1) is 0 Å². The highest BCUT2D eigenvalue weighted by Crippen LogP contribution is 2.30. The van der Waals surface area contributed by atoms with Gasteiger partial charge in [0.15, 0.2) is 0 Å². The van der Waals surface area contributed by atoms with Crippen molar-refractivity contribution in [1.82, 2.24) is 4.98 Å². The van der Waals surface area contributed by atoms with Crippen molar-refractivity contribution in [2.75, 3.05) is 6.54 Å². The van der Waals surface area contributed by atoms with Crippen LogP contribution in [0, 0.1) is 0 Å². The normalized spacial score (nSPS) is 10.7. The third-order valence-electron chi connectivity index (χ3n) is 3.21. The molecule has 0 aliphatic carbocycles. The molecule has 3 rings (SSSR count). The lowest BCUT2D eigenvalue weighted by molar-refractivity contribution is 0.481. The summed E-state index contributed by atoms with van der Waals surface area (Å²) in [6.45, 7) is 0.609. The summed E-state index contributed by atoms with van der Waals surface area (Å²) in [7, 11) is 0. The summed E-state index contributed by atoms with van der Waals surface area (Å²) in [4.78, 5) is 4.34. The molecule has 20 heavy (non-hydrogen) atoms. The second-order valence-electron chi connectivity index (χ2n) is 4.57. The van der Waals surface area contributed by atoms with E-state index in [-0.39, 0.29) is 0 Å². The van der Waals surface area contributed by atoms with E-state index in [1.807, 2.05) is 54.6 Å². The molecular formula is C17H16N2O. The van der Waals surface area contributed by atoms with E-state index in [1.165, 1.54) is 0 Å². The van der Waals surface area contributed by atoms with Crippen molar-refractivity contribution < 1.29 is 4.74 Å². The average Bonchev–Trinajstić information content (AvgIpc) is 2.50. The van der Waals surface area contributed by atoms with Crippen molar-refractivity contribution in [3.8, 4) is 11.5 Å². The van der Waals surface area contributed by atoms with E-state index in [0.717, 1.165) is 34.4 Å². The molecule has 0 fully saturated rings. The Kier molecular flexibility index (Phi) is 3.61. The van der Waals surface area contributed by atoms with E-state index in [4.69, 9.17) is 10.5 Å². The molecule has 0 bridgehead atoms. The fourth-order valence-corrected chi connectivity index (χ4v) is 2.25. The molecule has 2 aromatic carbocycles. The quantitative estimate of drug-likeness (QED) is 0.784. The first-order valence-corrected chi connectivity index (χ1v) is 6.68. The molecule has 0 atom stereocenters. The molecular weight excluding hydrogens is 248 g/mol. The first-order valence-electron chi connectivity index (χ1n) is 6.68. The van der Waals surface area contributed by atoms with Crippen LogP contribution in [-0.4, -0.2) is 11.5 Å². The van der Waals surface area contributed by atoms with Crippen LogP contribution in [0.1, 0.15) is 5.56 Å². The van der Waals surface area contributed by atoms with Gasteiger partial charge in [-0.3, -0.25) is 4.98 Å². The van der Waals surface area contributed by atoms with Crippen molar-refractivity contribution in [2.24, 2.45) is 5.73 Å². The largest absolute Gasteiger partial charge is 0.456 e. The summed E-state index contributed by atoms with van der Waals surface area (Å²) in [5.74, 6) is 1.68. The minimum Gasteiger partial charge on any atom is -0.456 e. The summed E-state index contributed by atoms with van der Waals surface area (Å²) >= 11 is 0. The van der Waals surface area contributed by atoms with Crippen molar-refractivity contribution in [2.45, 2.75) is 6.42 Å². The Balaban J connectivity index is 2.01. The number of para-hydroxylation sites is 1. The maximum atomic E-state index is 6.08. The Labute approximate surface area is 118 Å². The number of hydrogen-bond donors (Lipinski definition) is 1. The highest BCUT2D eigenvalue weighted by Gasteiger charge is 2.07. The minimum atomic E-state index is 0.609. The average molecular weight is 264 g/mol. The van der Waals surface area contributed by atoms with Gasteiger partial charge in [0.25, 0.3) is 0 Å². The van der Waals surface area contributed by atoms with Gasteiger partial charge in [-0.1, -0.05) is 24.3 Å². The number of fused-ring (bicyclic) bond motifs is 1. The van der Waals surface area contributed by atoms with Gasteiger partial charge in [0, 0.05) is 11.6 Å². The molecule has 0 radical (unpaired) electrons. The molecule has 3 heteroatoms. The highest BCUT2D eigenvalue weighted by atomic mass is 16.5. The van der Waals surface area contributed by atoms with Crippen LogP contribution in [0.3, 0.4) is 0 Å². The zero-order chi connectivity index (χ0) is 13.8. The van der Waals surface area contributed by atoms with Gasteiger partial charge in [-0.25, -0.2) is 0 Å². The maximum Gasteiger partial charge on any atom is 0.136 e. The van der Waals surface area contributed by atoms with Crippen LogP contribution in [0.2, 0.25) is 0 Å². The fourth-order valence-electron chi connectivity index (χ4n) is 2.25. The predicted molar refractivity (Wildman–Crippen MR) is 81.0 cm³/mol. The van der Waals surface area contributed by atoms with Gasteiger partial charge in [0.05, 0.1) is 5.52 Å². The molecule has 0 aliphatic rings. The van der Waals surface area contributed by atoms with Crippen molar-refractivity contribution in [3.05, 3.63) is 66.4 Å². The van der Waals surface area contributed by atoms with Crippen LogP contribution in [0.5, 0.6) is 11.5 Å². The number of ether oxygens (including phenoxy) is 1. The van der Waals surface area contributed by atoms with Crippen molar-refractivity contribution >= 4 is 10.9 Å². The topological polar surface area (TPSA) is 48.1 Å². The van der Waals surface area contributed by atoms with Gasteiger partial charge in [0.2, 0.25) is 0 Å². The number of aromatic nitrogens is 1. The molecule has 2 N–H and O–H groups in total. The summed E-state index contributed by atoms with van der Waals surface area (Å²) in [6, 6.07) is 17.8. The summed E-state index contributed by atoms with van der Waals surface area (Å²) in [5.41, 5.74) is 7.70. The fraction of sp³-hybridized carbons (Fsp3) is 0.118. The van der Waals surface area contributed by atoms with Crippen LogP contribution in [-0.2, 0) is 6.42 Å². The zero-order valence-electron chi connectivity index (χ0n) is 11.1. The third-order valence-corrected chi connectivity index (χ3v) is 3.21. The van der Waals surface area contributed by atoms with Crippen LogP contribution in [0.4, 0.5) is 0 Å². The molecule has 0 aliphatic heterocycles. The van der Waals surface area contributed by atoms with Crippen LogP contribution >= 0.6 is 0 Å². The van der Waals surface area contributed by atoms with Crippen LogP contribution in [0.25, 0.3) is 10.9 Å². The molecule has 0 saturated heterocycles. The Morgan fingerprint density at radius 2 is 1.75 bits per heavy atom. The first-order chi connectivity index (χ1) is 9.88. The molecule has 100 valence electrons. The monoisotopic (exact) mass is 264 g/mol. The first kappa shape index (κ1) is 12.6. The molecule has 1 aromatic heterocycles. The van der Waals surface area contributed by atoms with E-state index in [1.54, 1.807) is 6.20 Å². The summed E-state index contributed by atoms with van der Waals surface area (Å²) in [6.07, 6.45) is 2.59. The zero-order valence-corrected chi connectivity index (χ0v) is 11.1. The molecule has 0 saturated carbocycles. The van der Waals surface area contributed by atoms with Gasteiger partial charge >= 0.3 is 0 Å². The molecule has 1 heterocycles. The Morgan fingerprint density at radius 3 is 2.65 bits per heavy atom. The third kappa shape index (κ3) is 2.49. The van der Waals surface area contributed by atoms with Crippen LogP contribution < -0.4 is 10.5 Å². The number of pyridine rings is 1. The minimum absolute atomic E-state index is 0.609. The highest BCUT2D eigenvalue weighted by molar-refractivity contribution is 5.85. The smallest absolute Gasteiger partial charge is 0.136 e. The van der Waals surface area contributed by atoms with Gasteiger partial charge < -0.3 is 10.5 Å². The van der Waals surface area contributed by atoms with Gasteiger partial charge in [-0.2, -0.15) is 0 Å². The second-order valence-corrected chi connectivity index (χ2v) is 4.57.